The predicted molar refractivity (Wildman–Crippen MR) is 103 cm³/mol. The van der Waals surface area contributed by atoms with Crippen LogP contribution < -0.4 is 9.47 Å². The second kappa shape index (κ2) is 6.56. The number of Topliss-reactive ketones (excluding diaryl/α,β-unsaturated/α-hetero) is 1. The van der Waals surface area contributed by atoms with E-state index in [0.717, 1.165) is 22.3 Å². The van der Waals surface area contributed by atoms with Crippen molar-refractivity contribution < 1.29 is 14.3 Å². The number of nitrogens with one attached hydrogen (secondary N) is 1. The number of rotatable bonds is 5. The van der Waals surface area contributed by atoms with Crippen molar-refractivity contribution in [3.05, 3.63) is 71.8 Å². The number of ketones is 1. The van der Waals surface area contributed by atoms with Gasteiger partial charge in [0.15, 0.2) is 5.78 Å². The first-order chi connectivity index (χ1) is 12.7. The van der Waals surface area contributed by atoms with Gasteiger partial charge in [0.1, 0.15) is 18.1 Å². The Hall–Kier alpha value is -3.27. The van der Waals surface area contributed by atoms with E-state index in [1.54, 1.807) is 26.2 Å². The van der Waals surface area contributed by atoms with Crippen molar-refractivity contribution in [2.75, 3.05) is 7.11 Å². The van der Waals surface area contributed by atoms with Gasteiger partial charge in [0.2, 0.25) is 0 Å². The number of carbonyl (C=O) groups excluding carboxylic acids is 1. The number of hydrogen-bond donors (Lipinski definition) is 1. The summed E-state index contributed by atoms with van der Waals surface area (Å²) in [5.41, 5.74) is 3.64. The quantitative estimate of drug-likeness (QED) is 0.511. The number of aromatic amines is 1. The lowest BCUT2D eigenvalue weighted by Crippen LogP contribution is -2.01. The van der Waals surface area contributed by atoms with E-state index < -0.39 is 0 Å². The van der Waals surface area contributed by atoms with Gasteiger partial charge in [-0.1, -0.05) is 18.2 Å². The van der Waals surface area contributed by atoms with Gasteiger partial charge in [-0.05, 0) is 43.3 Å². The second-order valence-corrected chi connectivity index (χ2v) is 6.25. The summed E-state index contributed by atoms with van der Waals surface area (Å²) < 4.78 is 11.3. The Morgan fingerprint density at radius 3 is 2.58 bits per heavy atom. The minimum Gasteiger partial charge on any atom is -0.496 e. The third kappa shape index (κ3) is 2.90. The molecular weight excluding hydrogens is 326 g/mol. The van der Waals surface area contributed by atoms with Crippen LogP contribution in [0, 0.1) is 0 Å². The molecule has 0 unspecified atom stereocenters. The van der Waals surface area contributed by atoms with Gasteiger partial charge < -0.3 is 14.5 Å². The largest absolute Gasteiger partial charge is 0.496 e. The van der Waals surface area contributed by atoms with E-state index in [1.165, 1.54) is 10.8 Å². The summed E-state index contributed by atoms with van der Waals surface area (Å²) in [5.74, 6) is 1.49. The number of para-hydroxylation sites is 1. The molecule has 0 amide bonds. The first kappa shape index (κ1) is 16.2. The highest BCUT2D eigenvalue weighted by Crippen LogP contribution is 2.29. The van der Waals surface area contributed by atoms with E-state index in [2.05, 4.69) is 23.2 Å². The maximum atomic E-state index is 11.6. The van der Waals surface area contributed by atoms with Gasteiger partial charge in [0.05, 0.1) is 12.6 Å². The normalized spacial score (nSPS) is 11.0. The maximum Gasteiger partial charge on any atom is 0.159 e. The number of carbonyl (C=O) groups is 1. The lowest BCUT2D eigenvalue weighted by Gasteiger charge is -2.11. The van der Waals surface area contributed by atoms with Crippen LogP contribution in [0.5, 0.6) is 11.5 Å². The molecule has 0 fully saturated rings. The van der Waals surface area contributed by atoms with Crippen molar-refractivity contribution in [3.63, 3.8) is 0 Å². The SMILES string of the molecule is COc1ccc(C(C)=O)cc1COc1ccc2c(c1)[nH]c1ccccc12. The van der Waals surface area contributed by atoms with E-state index in [-0.39, 0.29) is 5.78 Å². The zero-order valence-electron chi connectivity index (χ0n) is 14.7. The second-order valence-electron chi connectivity index (χ2n) is 6.25. The number of methoxy groups -OCH3 is 1. The van der Waals surface area contributed by atoms with Crippen LogP contribution in [0.2, 0.25) is 0 Å². The van der Waals surface area contributed by atoms with Crippen molar-refractivity contribution in [2.45, 2.75) is 13.5 Å². The molecule has 4 heteroatoms. The minimum absolute atomic E-state index is 0.0217. The van der Waals surface area contributed by atoms with Gasteiger partial charge in [-0.3, -0.25) is 4.79 Å². The molecule has 1 heterocycles. The average molecular weight is 345 g/mol. The summed E-state index contributed by atoms with van der Waals surface area (Å²) in [5, 5.41) is 2.37. The number of ether oxygens (including phenoxy) is 2. The Labute approximate surface area is 151 Å². The third-order valence-corrected chi connectivity index (χ3v) is 4.56. The van der Waals surface area contributed by atoms with Crippen molar-refractivity contribution in [3.8, 4) is 11.5 Å². The molecule has 26 heavy (non-hydrogen) atoms. The van der Waals surface area contributed by atoms with Crippen molar-refractivity contribution >= 4 is 27.6 Å². The first-order valence-electron chi connectivity index (χ1n) is 8.47. The van der Waals surface area contributed by atoms with E-state index in [1.807, 2.05) is 30.3 Å². The molecule has 0 atom stereocenters. The smallest absolute Gasteiger partial charge is 0.159 e. The summed E-state index contributed by atoms with van der Waals surface area (Å²) in [6.45, 7) is 1.88. The maximum absolute atomic E-state index is 11.6. The van der Waals surface area contributed by atoms with Gasteiger partial charge in [-0.15, -0.1) is 0 Å². The molecule has 1 N–H and O–H groups in total. The summed E-state index contributed by atoms with van der Waals surface area (Å²) in [4.78, 5) is 15.0. The molecule has 1 aromatic heterocycles. The van der Waals surface area contributed by atoms with Crippen molar-refractivity contribution in [2.24, 2.45) is 0 Å². The Bertz CT molecular complexity index is 1110. The standard InChI is InChI=1S/C22H19NO3/c1-14(24)15-7-10-22(25-2)16(11-15)13-26-17-8-9-19-18-5-3-4-6-20(18)23-21(19)12-17/h3-12,23H,13H2,1-2H3. The zero-order chi connectivity index (χ0) is 18.1. The Morgan fingerprint density at radius 1 is 0.962 bits per heavy atom. The fourth-order valence-corrected chi connectivity index (χ4v) is 3.19. The third-order valence-electron chi connectivity index (χ3n) is 4.56. The molecule has 0 aliphatic heterocycles. The van der Waals surface area contributed by atoms with E-state index in [4.69, 9.17) is 9.47 Å². The molecule has 0 radical (unpaired) electrons. The number of fused-ring (bicyclic) bond motifs is 3. The van der Waals surface area contributed by atoms with Crippen molar-refractivity contribution in [1.82, 2.24) is 4.98 Å². The Kier molecular flexibility index (Phi) is 4.09. The summed E-state index contributed by atoms with van der Waals surface area (Å²) in [6.07, 6.45) is 0. The highest BCUT2D eigenvalue weighted by molar-refractivity contribution is 6.07. The molecule has 4 rings (SSSR count). The lowest BCUT2D eigenvalue weighted by atomic mass is 10.1. The van der Waals surface area contributed by atoms with Crippen LogP contribution in [0.15, 0.2) is 60.7 Å². The number of aromatic nitrogens is 1. The first-order valence-corrected chi connectivity index (χ1v) is 8.47. The Balaban J connectivity index is 1.62. The Morgan fingerprint density at radius 2 is 1.77 bits per heavy atom. The minimum atomic E-state index is 0.0217. The average Bonchev–Trinajstić information content (AvgIpc) is 3.03. The highest BCUT2D eigenvalue weighted by atomic mass is 16.5. The van der Waals surface area contributed by atoms with Gasteiger partial charge >= 0.3 is 0 Å². The number of H-pyrrole nitrogens is 1. The van der Waals surface area contributed by atoms with Crippen LogP contribution in [0.25, 0.3) is 21.8 Å². The summed E-state index contributed by atoms with van der Waals surface area (Å²) >= 11 is 0. The monoisotopic (exact) mass is 345 g/mol. The van der Waals surface area contributed by atoms with Crippen LogP contribution in [-0.4, -0.2) is 17.9 Å². The van der Waals surface area contributed by atoms with Crippen LogP contribution in [-0.2, 0) is 6.61 Å². The van der Waals surface area contributed by atoms with Crippen LogP contribution in [0.3, 0.4) is 0 Å². The van der Waals surface area contributed by atoms with Gasteiger partial charge in [-0.25, -0.2) is 0 Å². The predicted octanol–water partition coefficient (Wildman–Crippen LogP) is 5.11. The van der Waals surface area contributed by atoms with Crippen LogP contribution >= 0.6 is 0 Å². The van der Waals surface area contributed by atoms with E-state index >= 15 is 0 Å². The molecule has 0 saturated heterocycles. The molecule has 130 valence electrons. The van der Waals surface area contributed by atoms with Gasteiger partial charge in [0.25, 0.3) is 0 Å². The number of hydrogen-bond acceptors (Lipinski definition) is 3. The summed E-state index contributed by atoms with van der Waals surface area (Å²) in [6, 6.07) is 19.6. The van der Waals surface area contributed by atoms with Crippen molar-refractivity contribution in [1.29, 1.82) is 0 Å². The topological polar surface area (TPSA) is 51.3 Å². The van der Waals surface area contributed by atoms with Gasteiger partial charge in [-0.2, -0.15) is 0 Å². The molecule has 0 saturated carbocycles. The molecule has 3 aromatic carbocycles. The number of benzene rings is 3. The van der Waals surface area contributed by atoms with Crippen LogP contribution in [0.4, 0.5) is 0 Å². The van der Waals surface area contributed by atoms with E-state index in [0.29, 0.717) is 17.9 Å². The zero-order valence-corrected chi connectivity index (χ0v) is 14.7. The molecule has 0 bridgehead atoms. The molecular formula is C22H19NO3. The highest BCUT2D eigenvalue weighted by Gasteiger charge is 2.09. The molecule has 0 spiro atoms. The van der Waals surface area contributed by atoms with Crippen LogP contribution in [0.1, 0.15) is 22.8 Å². The summed E-state index contributed by atoms with van der Waals surface area (Å²) in [7, 11) is 1.61. The lowest BCUT2D eigenvalue weighted by molar-refractivity contribution is 0.101. The molecule has 0 aliphatic carbocycles. The fourth-order valence-electron chi connectivity index (χ4n) is 3.19. The fraction of sp³-hybridized carbons (Fsp3) is 0.136. The van der Waals surface area contributed by atoms with Gasteiger partial charge in [0, 0.05) is 33.5 Å². The molecule has 4 aromatic rings. The molecule has 4 nitrogen and oxygen atoms in total. The van der Waals surface area contributed by atoms with E-state index in [9.17, 15) is 4.79 Å². The molecule has 0 aliphatic rings.